The summed E-state index contributed by atoms with van der Waals surface area (Å²) in [4.78, 5) is 0.394. The Labute approximate surface area is 124 Å². The van der Waals surface area contributed by atoms with Crippen LogP contribution in [0.4, 0.5) is 14.5 Å². The number of hydrogen-bond donors (Lipinski definition) is 2. The molecular formula is C12H12F2N2O3S2. The van der Waals surface area contributed by atoms with Gasteiger partial charge >= 0.3 is 0 Å². The lowest BCUT2D eigenvalue weighted by molar-refractivity contribution is 0.252. The average Bonchev–Trinajstić information content (AvgIpc) is 2.86. The molecule has 0 atom stereocenters. The van der Waals surface area contributed by atoms with Crippen molar-refractivity contribution in [1.29, 1.82) is 0 Å². The summed E-state index contributed by atoms with van der Waals surface area (Å²) < 4.78 is 52.1. The Morgan fingerprint density at radius 1 is 1.24 bits per heavy atom. The van der Waals surface area contributed by atoms with E-state index in [4.69, 9.17) is 9.56 Å². The quantitative estimate of drug-likeness (QED) is 0.794. The van der Waals surface area contributed by atoms with Gasteiger partial charge in [-0.1, -0.05) is 23.9 Å². The van der Waals surface area contributed by atoms with Crippen molar-refractivity contribution in [2.75, 3.05) is 5.32 Å². The number of halogens is 2. The summed E-state index contributed by atoms with van der Waals surface area (Å²) in [7, 11) is -3.89. The fraction of sp³-hybridized carbons (Fsp3) is 0.167. The van der Waals surface area contributed by atoms with Gasteiger partial charge in [0.2, 0.25) is 5.09 Å². The molecular weight excluding hydrogens is 322 g/mol. The van der Waals surface area contributed by atoms with E-state index >= 15 is 0 Å². The van der Waals surface area contributed by atoms with E-state index in [0.29, 0.717) is 28.1 Å². The molecule has 0 unspecified atom stereocenters. The first-order chi connectivity index (χ1) is 9.86. The highest BCUT2D eigenvalue weighted by molar-refractivity contribution is 7.99. The van der Waals surface area contributed by atoms with Crippen LogP contribution < -0.4 is 10.5 Å². The number of furan rings is 1. The zero-order valence-electron chi connectivity index (χ0n) is 10.6. The molecule has 2 rings (SSSR count). The van der Waals surface area contributed by atoms with E-state index in [1.807, 2.05) is 0 Å². The van der Waals surface area contributed by atoms with Gasteiger partial charge in [0.05, 0.1) is 6.54 Å². The smallest absolute Gasteiger partial charge is 0.288 e. The van der Waals surface area contributed by atoms with E-state index in [0.717, 1.165) is 0 Å². The number of nitrogens with two attached hydrogens (primary N) is 1. The molecule has 0 saturated heterocycles. The number of benzene rings is 1. The fourth-order valence-electron chi connectivity index (χ4n) is 1.60. The Balaban J connectivity index is 2.08. The van der Waals surface area contributed by atoms with Crippen molar-refractivity contribution in [3.63, 3.8) is 0 Å². The second-order valence-corrected chi connectivity index (χ2v) is 6.52. The zero-order valence-corrected chi connectivity index (χ0v) is 12.3. The molecule has 114 valence electrons. The van der Waals surface area contributed by atoms with E-state index in [1.54, 1.807) is 24.3 Å². The Bertz CT molecular complexity index is 717. The molecule has 0 fully saturated rings. The van der Waals surface area contributed by atoms with Crippen LogP contribution in [0.5, 0.6) is 0 Å². The van der Waals surface area contributed by atoms with Gasteiger partial charge in [-0.2, -0.15) is 8.78 Å². The maximum Gasteiger partial charge on any atom is 0.288 e. The molecule has 0 spiro atoms. The summed E-state index contributed by atoms with van der Waals surface area (Å²) in [6.07, 6.45) is 0. The fourth-order valence-corrected chi connectivity index (χ4v) is 2.70. The number of anilines is 1. The number of alkyl halides is 2. The van der Waals surface area contributed by atoms with Gasteiger partial charge in [-0.25, -0.2) is 13.6 Å². The van der Waals surface area contributed by atoms with Gasteiger partial charge in [0.25, 0.3) is 15.8 Å². The number of para-hydroxylation sites is 1. The molecule has 5 nitrogen and oxygen atoms in total. The van der Waals surface area contributed by atoms with Gasteiger partial charge in [-0.05, 0) is 24.3 Å². The topological polar surface area (TPSA) is 85.3 Å². The summed E-state index contributed by atoms with van der Waals surface area (Å²) in [6.45, 7) is 0.149. The molecule has 1 heterocycles. The van der Waals surface area contributed by atoms with E-state index in [1.165, 1.54) is 12.1 Å². The monoisotopic (exact) mass is 334 g/mol. The van der Waals surface area contributed by atoms with Crippen molar-refractivity contribution < 1.29 is 21.6 Å². The lowest BCUT2D eigenvalue weighted by atomic mass is 10.3. The third-order valence-electron chi connectivity index (χ3n) is 2.47. The van der Waals surface area contributed by atoms with Crippen molar-refractivity contribution in [2.24, 2.45) is 5.14 Å². The molecule has 0 amide bonds. The molecule has 0 radical (unpaired) electrons. The first kappa shape index (κ1) is 15.8. The summed E-state index contributed by atoms with van der Waals surface area (Å²) >= 11 is 0.427. The van der Waals surface area contributed by atoms with Crippen molar-refractivity contribution in [3.05, 3.63) is 42.2 Å². The molecule has 0 bridgehead atoms. The highest BCUT2D eigenvalue weighted by Gasteiger charge is 2.14. The van der Waals surface area contributed by atoms with Crippen LogP contribution in [0, 0.1) is 0 Å². The number of nitrogens with one attached hydrogen (secondary N) is 1. The van der Waals surface area contributed by atoms with Crippen LogP contribution in [-0.4, -0.2) is 14.2 Å². The maximum atomic E-state index is 12.4. The van der Waals surface area contributed by atoms with Crippen LogP contribution in [0.3, 0.4) is 0 Å². The van der Waals surface area contributed by atoms with Crippen molar-refractivity contribution in [2.45, 2.75) is 22.3 Å². The Morgan fingerprint density at radius 2 is 1.95 bits per heavy atom. The molecule has 3 N–H and O–H groups in total. The Kier molecular flexibility index (Phi) is 4.86. The summed E-state index contributed by atoms with van der Waals surface area (Å²) in [5.74, 6) is -2.19. The number of primary sulfonamides is 1. The molecule has 9 heteroatoms. The standard InChI is InChI=1S/C12H12F2N2O3S2/c13-12(14)20-10-4-2-1-3-9(10)16-7-8-5-6-11(19-8)21(15,17)18/h1-6,12,16H,7H2,(H2,15,17,18). The van der Waals surface area contributed by atoms with Gasteiger partial charge in [0.15, 0.2) is 0 Å². The highest BCUT2D eigenvalue weighted by atomic mass is 32.2. The van der Waals surface area contributed by atoms with Gasteiger partial charge in [-0.3, -0.25) is 0 Å². The summed E-state index contributed by atoms with van der Waals surface area (Å²) in [5.41, 5.74) is 0.511. The lowest BCUT2D eigenvalue weighted by Gasteiger charge is -2.10. The number of sulfonamides is 1. The molecule has 0 aliphatic heterocycles. The molecule has 2 aromatic rings. The van der Waals surface area contributed by atoms with Crippen molar-refractivity contribution in [3.8, 4) is 0 Å². The van der Waals surface area contributed by atoms with Gasteiger partial charge in [0.1, 0.15) is 5.76 Å². The van der Waals surface area contributed by atoms with Crippen LogP contribution in [0.25, 0.3) is 0 Å². The molecule has 0 saturated carbocycles. The third-order valence-corrected chi connectivity index (χ3v) is 4.04. The minimum absolute atomic E-state index is 0.149. The van der Waals surface area contributed by atoms with Crippen LogP contribution in [0.1, 0.15) is 5.76 Å². The first-order valence-corrected chi connectivity index (χ1v) is 8.18. The highest BCUT2D eigenvalue weighted by Crippen LogP contribution is 2.31. The van der Waals surface area contributed by atoms with E-state index in [2.05, 4.69) is 5.32 Å². The first-order valence-electron chi connectivity index (χ1n) is 5.75. The average molecular weight is 334 g/mol. The summed E-state index contributed by atoms with van der Waals surface area (Å²) in [6, 6.07) is 9.27. The SMILES string of the molecule is NS(=O)(=O)c1ccc(CNc2ccccc2SC(F)F)o1. The largest absolute Gasteiger partial charge is 0.446 e. The summed E-state index contributed by atoms with van der Waals surface area (Å²) in [5, 5.41) is 7.51. The van der Waals surface area contributed by atoms with Crippen LogP contribution in [-0.2, 0) is 16.6 Å². The Morgan fingerprint density at radius 3 is 2.57 bits per heavy atom. The molecule has 0 aliphatic rings. The number of thioether (sulfide) groups is 1. The van der Waals surface area contributed by atoms with Gasteiger partial charge in [-0.15, -0.1) is 0 Å². The molecule has 21 heavy (non-hydrogen) atoms. The van der Waals surface area contributed by atoms with Gasteiger partial charge in [0, 0.05) is 10.6 Å². The van der Waals surface area contributed by atoms with E-state index in [9.17, 15) is 17.2 Å². The van der Waals surface area contributed by atoms with Crippen LogP contribution in [0.2, 0.25) is 0 Å². The van der Waals surface area contributed by atoms with Crippen LogP contribution >= 0.6 is 11.8 Å². The Hall–Kier alpha value is -1.58. The zero-order chi connectivity index (χ0) is 15.5. The normalized spacial score (nSPS) is 11.8. The lowest BCUT2D eigenvalue weighted by Crippen LogP contribution is -2.10. The third kappa shape index (κ3) is 4.45. The molecule has 1 aromatic carbocycles. The van der Waals surface area contributed by atoms with Crippen molar-refractivity contribution in [1.82, 2.24) is 0 Å². The maximum absolute atomic E-state index is 12.4. The second kappa shape index (κ2) is 6.46. The van der Waals surface area contributed by atoms with E-state index in [-0.39, 0.29) is 11.6 Å². The predicted molar refractivity (Wildman–Crippen MR) is 75.7 cm³/mol. The number of rotatable bonds is 6. The predicted octanol–water partition coefficient (Wildman–Crippen LogP) is 2.85. The molecule has 0 aliphatic carbocycles. The van der Waals surface area contributed by atoms with Crippen LogP contribution in [0.15, 0.2) is 50.8 Å². The minimum atomic E-state index is -3.89. The molecule has 1 aromatic heterocycles. The second-order valence-electron chi connectivity index (χ2n) is 3.99. The number of hydrogen-bond acceptors (Lipinski definition) is 5. The van der Waals surface area contributed by atoms with E-state index < -0.39 is 15.8 Å². The van der Waals surface area contributed by atoms with Crippen molar-refractivity contribution >= 4 is 27.5 Å². The minimum Gasteiger partial charge on any atom is -0.446 e. The van der Waals surface area contributed by atoms with Gasteiger partial charge < -0.3 is 9.73 Å².